The van der Waals surface area contributed by atoms with Gasteiger partial charge in [-0.25, -0.2) is 4.98 Å². The molecule has 4 aromatic rings. The Labute approximate surface area is 232 Å². The molecule has 0 bridgehead atoms. The van der Waals surface area contributed by atoms with Crippen LogP contribution in [0.4, 0.5) is 0 Å². The van der Waals surface area contributed by atoms with Gasteiger partial charge in [0.1, 0.15) is 30.4 Å². The third-order valence-electron chi connectivity index (χ3n) is 5.29. The smallest absolute Gasteiger partial charge is 0.550 e. The molecule has 4 rings (SSSR count). The van der Waals surface area contributed by atoms with Crippen LogP contribution >= 0.6 is 0 Å². The zero-order valence-corrected chi connectivity index (χ0v) is 22.3. The predicted octanol–water partition coefficient (Wildman–Crippen LogP) is 1.68. The summed E-state index contributed by atoms with van der Waals surface area (Å²) in [5.41, 5.74) is 3.94. The van der Waals surface area contributed by atoms with Gasteiger partial charge in [-0.3, -0.25) is 0 Å². The Morgan fingerprint density at radius 3 is 2.25 bits per heavy atom. The molecule has 178 valence electrons. The minimum Gasteiger partial charge on any atom is -0.550 e. The minimum absolute atomic E-state index is 0. The van der Waals surface area contributed by atoms with Crippen molar-refractivity contribution >= 4 is 11.7 Å². The predicted molar refractivity (Wildman–Crippen MR) is 129 cm³/mol. The standard InChI is InChI=1S/C28H26N2O5.Na/c1-20-26(29-28(35-20)23-10-6-3-7-11-23)19-33-24-14-12-21(13-15-24)18-34-30-25(16-17-27(31)32)22-8-4-2-5-9-22;/h2-15H,16-19H2,1H3,(H,31,32);/q;+1/p-1. The second-order valence-corrected chi connectivity index (χ2v) is 7.87. The molecule has 0 spiro atoms. The average molecular weight is 493 g/mol. The molecule has 0 aliphatic carbocycles. The number of oxazole rings is 1. The summed E-state index contributed by atoms with van der Waals surface area (Å²) in [5, 5.41) is 15.0. The van der Waals surface area contributed by atoms with Crippen LogP contribution in [0, 0.1) is 6.92 Å². The topological polar surface area (TPSA) is 97.0 Å². The fourth-order valence-corrected chi connectivity index (χ4v) is 3.38. The Morgan fingerprint density at radius 2 is 1.58 bits per heavy atom. The van der Waals surface area contributed by atoms with E-state index in [0.717, 1.165) is 28.1 Å². The van der Waals surface area contributed by atoms with Gasteiger partial charge in [-0.05, 0) is 55.2 Å². The molecular formula is C28H25N2NaO5. The molecule has 7 nitrogen and oxygen atoms in total. The third-order valence-corrected chi connectivity index (χ3v) is 5.29. The SMILES string of the molecule is Cc1oc(-c2ccccc2)nc1COc1ccc(CON=C(CCC(=O)[O-])c2ccccc2)cc1.[Na+]. The van der Waals surface area contributed by atoms with E-state index in [1.54, 1.807) is 0 Å². The van der Waals surface area contributed by atoms with E-state index in [-0.39, 0.29) is 49.0 Å². The van der Waals surface area contributed by atoms with E-state index in [2.05, 4.69) is 10.1 Å². The van der Waals surface area contributed by atoms with Gasteiger partial charge in [0, 0.05) is 11.5 Å². The number of aryl methyl sites for hydroxylation is 1. The largest absolute Gasteiger partial charge is 1.00 e. The van der Waals surface area contributed by atoms with Gasteiger partial charge in [-0.2, -0.15) is 0 Å². The molecule has 0 radical (unpaired) electrons. The minimum atomic E-state index is -1.12. The van der Waals surface area contributed by atoms with Crippen molar-refractivity contribution in [2.24, 2.45) is 5.16 Å². The Bertz CT molecular complexity index is 1270. The second-order valence-electron chi connectivity index (χ2n) is 7.87. The van der Waals surface area contributed by atoms with Crippen LogP contribution in [0.2, 0.25) is 0 Å². The Hall–Kier alpha value is -3.39. The molecule has 0 atom stereocenters. The van der Waals surface area contributed by atoms with E-state index < -0.39 is 5.97 Å². The summed E-state index contributed by atoms with van der Waals surface area (Å²) in [6, 6.07) is 26.6. The Kier molecular flexibility index (Phi) is 10.3. The monoisotopic (exact) mass is 492 g/mol. The van der Waals surface area contributed by atoms with Crippen molar-refractivity contribution in [1.29, 1.82) is 0 Å². The number of hydrogen-bond acceptors (Lipinski definition) is 7. The normalized spacial score (nSPS) is 11.0. The summed E-state index contributed by atoms with van der Waals surface area (Å²) >= 11 is 0. The van der Waals surface area contributed by atoms with Crippen LogP contribution in [-0.2, 0) is 22.8 Å². The van der Waals surface area contributed by atoms with Gasteiger partial charge in [-0.15, -0.1) is 0 Å². The van der Waals surface area contributed by atoms with Gasteiger partial charge < -0.3 is 23.9 Å². The quantitative estimate of drug-likeness (QED) is 0.180. The van der Waals surface area contributed by atoms with E-state index >= 15 is 0 Å². The van der Waals surface area contributed by atoms with Gasteiger partial charge in [0.25, 0.3) is 0 Å². The van der Waals surface area contributed by atoms with E-state index in [1.165, 1.54) is 0 Å². The molecule has 1 aromatic heterocycles. The van der Waals surface area contributed by atoms with Crippen molar-refractivity contribution in [3.63, 3.8) is 0 Å². The molecule has 0 N–H and O–H groups in total. The number of carboxylic acid groups (broad SMARTS) is 1. The van der Waals surface area contributed by atoms with Gasteiger partial charge in [-0.1, -0.05) is 65.8 Å². The first-order valence-electron chi connectivity index (χ1n) is 11.3. The second kappa shape index (κ2) is 13.6. The number of oxime groups is 1. The van der Waals surface area contributed by atoms with Crippen LogP contribution in [0.15, 0.2) is 94.5 Å². The first-order chi connectivity index (χ1) is 17.1. The fraction of sp³-hybridized carbons (Fsp3) is 0.179. The molecule has 1 heterocycles. The van der Waals surface area contributed by atoms with Crippen LogP contribution in [0.5, 0.6) is 5.75 Å². The van der Waals surface area contributed by atoms with E-state index in [4.69, 9.17) is 14.0 Å². The number of rotatable bonds is 11. The number of carboxylic acids is 1. The van der Waals surface area contributed by atoms with E-state index in [9.17, 15) is 9.90 Å². The van der Waals surface area contributed by atoms with Crippen molar-refractivity contribution in [1.82, 2.24) is 4.98 Å². The summed E-state index contributed by atoms with van der Waals surface area (Å²) in [6.45, 7) is 2.40. The number of benzene rings is 3. The number of carbonyl (C=O) groups excluding carboxylic acids is 1. The number of ether oxygens (including phenoxy) is 1. The average Bonchev–Trinajstić information content (AvgIpc) is 3.27. The number of nitrogens with zero attached hydrogens (tertiary/aromatic N) is 2. The van der Waals surface area contributed by atoms with Crippen molar-refractivity contribution in [2.45, 2.75) is 33.0 Å². The first-order valence-corrected chi connectivity index (χ1v) is 11.3. The van der Waals surface area contributed by atoms with Crippen molar-refractivity contribution in [2.75, 3.05) is 0 Å². The molecule has 0 aliphatic heterocycles. The third kappa shape index (κ3) is 7.81. The molecule has 0 saturated heterocycles. The van der Waals surface area contributed by atoms with Crippen molar-refractivity contribution in [3.8, 4) is 17.2 Å². The number of carbonyl (C=O) groups is 1. The van der Waals surface area contributed by atoms with Gasteiger partial charge in [0.2, 0.25) is 5.89 Å². The van der Waals surface area contributed by atoms with E-state index in [0.29, 0.717) is 24.0 Å². The van der Waals surface area contributed by atoms with Crippen molar-refractivity contribution in [3.05, 3.63) is 108 Å². The fourth-order valence-electron chi connectivity index (χ4n) is 3.38. The molecule has 36 heavy (non-hydrogen) atoms. The van der Waals surface area contributed by atoms with Gasteiger partial charge in [0.05, 0.1) is 5.71 Å². The molecule has 0 fully saturated rings. The van der Waals surface area contributed by atoms with Crippen molar-refractivity contribution < 1.29 is 53.4 Å². The van der Waals surface area contributed by atoms with Crippen LogP contribution in [0.25, 0.3) is 11.5 Å². The number of hydrogen-bond donors (Lipinski definition) is 0. The summed E-state index contributed by atoms with van der Waals surface area (Å²) in [6.07, 6.45) is 0.105. The maximum absolute atomic E-state index is 10.9. The number of aliphatic carboxylic acids is 1. The van der Waals surface area contributed by atoms with Gasteiger partial charge in [0.15, 0.2) is 0 Å². The number of aromatic nitrogens is 1. The maximum atomic E-state index is 10.9. The van der Waals surface area contributed by atoms with Crippen LogP contribution in [0.3, 0.4) is 0 Å². The molecule has 3 aromatic carbocycles. The Balaban J connectivity index is 0.00000361. The summed E-state index contributed by atoms with van der Waals surface area (Å²) < 4.78 is 11.7. The molecule has 0 amide bonds. The summed E-state index contributed by atoms with van der Waals surface area (Å²) in [5.74, 6) is 0.866. The van der Waals surface area contributed by atoms with Gasteiger partial charge >= 0.3 is 29.6 Å². The van der Waals surface area contributed by atoms with Crippen LogP contribution in [0.1, 0.15) is 35.4 Å². The summed E-state index contributed by atoms with van der Waals surface area (Å²) in [4.78, 5) is 20.9. The molecule has 8 heteroatoms. The molecule has 0 saturated carbocycles. The molecule has 0 aliphatic rings. The Morgan fingerprint density at radius 1 is 0.917 bits per heavy atom. The van der Waals surface area contributed by atoms with Crippen LogP contribution in [-0.4, -0.2) is 16.7 Å². The van der Waals surface area contributed by atoms with E-state index in [1.807, 2.05) is 91.9 Å². The maximum Gasteiger partial charge on any atom is 1.00 e. The molecule has 0 unspecified atom stereocenters. The zero-order chi connectivity index (χ0) is 24.5. The molecular weight excluding hydrogens is 467 g/mol. The first kappa shape index (κ1) is 27.2. The van der Waals surface area contributed by atoms with Crippen LogP contribution < -0.4 is 39.4 Å². The zero-order valence-electron chi connectivity index (χ0n) is 20.3. The summed E-state index contributed by atoms with van der Waals surface area (Å²) in [7, 11) is 0.